The van der Waals surface area contributed by atoms with Gasteiger partial charge in [-0.15, -0.1) is 0 Å². The number of rotatable bonds is 4. The van der Waals surface area contributed by atoms with Crippen molar-refractivity contribution in [2.24, 2.45) is 57.2 Å². The van der Waals surface area contributed by atoms with E-state index in [0.29, 0.717) is 21.7 Å². The van der Waals surface area contributed by atoms with Crippen molar-refractivity contribution in [3.8, 4) is 0 Å². The molecule has 0 aromatic carbocycles. The van der Waals surface area contributed by atoms with Crippen LogP contribution < -0.4 is 0 Å². The van der Waals surface area contributed by atoms with Crippen molar-refractivity contribution in [2.75, 3.05) is 0 Å². The van der Waals surface area contributed by atoms with Crippen LogP contribution in [-0.4, -0.2) is 15.7 Å². The third-order valence-electron chi connectivity index (χ3n) is 9.62. The van der Waals surface area contributed by atoms with Crippen molar-refractivity contribution in [2.45, 2.75) is 127 Å². The van der Waals surface area contributed by atoms with Gasteiger partial charge in [-0.3, -0.25) is 0 Å². The van der Waals surface area contributed by atoms with Crippen LogP contribution in [0.4, 0.5) is 0 Å². The average molecular weight is 428 g/mol. The zero-order valence-corrected chi connectivity index (χ0v) is 24.2. The summed E-state index contributed by atoms with van der Waals surface area (Å²) in [5.41, 5.74) is 1.70. The fraction of sp³-hybridized carbons (Fsp3) is 1.00. The van der Waals surface area contributed by atoms with Gasteiger partial charge in [0.2, 0.25) is 0 Å². The van der Waals surface area contributed by atoms with Crippen LogP contribution in [0.1, 0.15) is 115 Å². The van der Waals surface area contributed by atoms with Crippen LogP contribution in [0.15, 0.2) is 0 Å². The molecule has 0 heterocycles. The van der Waals surface area contributed by atoms with E-state index in [-0.39, 0.29) is 0 Å². The summed E-state index contributed by atoms with van der Waals surface area (Å²) in [7, 11) is 5.11. The Morgan fingerprint density at radius 1 is 0.548 bits per heavy atom. The van der Waals surface area contributed by atoms with Gasteiger partial charge in [-0.05, 0) is 63.6 Å². The summed E-state index contributed by atoms with van der Waals surface area (Å²) in [6, 6.07) is 0. The van der Waals surface area contributed by atoms with Crippen LogP contribution in [0.25, 0.3) is 0 Å². The molecule has 2 aliphatic rings. The van der Waals surface area contributed by atoms with Gasteiger partial charge in [-0.25, -0.2) is 0 Å². The van der Waals surface area contributed by atoms with Crippen molar-refractivity contribution in [3.63, 3.8) is 0 Å². The summed E-state index contributed by atoms with van der Waals surface area (Å²) < 4.78 is 0. The maximum atomic E-state index is 2.55. The molecule has 8 atom stereocenters. The lowest BCUT2D eigenvalue weighted by molar-refractivity contribution is 0.0629. The first-order valence-electron chi connectivity index (χ1n) is 13.8. The Bertz CT molecular complexity index is 580. The van der Waals surface area contributed by atoms with Crippen LogP contribution in [-0.2, 0) is 0 Å². The molecule has 2 saturated carbocycles. The number of hydrogen-bond acceptors (Lipinski definition) is 0. The van der Waals surface area contributed by atoms with E-state index in [1.54, 1.807) is 0 Å². The highest BCUT2D eigenvalue weighted by Crippen LogP contribution is 2.60. The topological polar surface area (TPSA) is 0 Å². The fourth-order valence-electron chi connectivity index (χ4n) is 9.24. The molecule has 0 aliphatic heterocycles. The minimum atomic E-state index is 0.414. The first-order chi connectivity index (χ1) is 13.8. The van der Waals surface area contributed by atoms with E-state index in [2.05, 4.69) is 98.8 Å². The van der Waals surface area contributed by atoms with Gasteiger partial charge in [0.05, 0.1) is 0 Å². The van der Waals surface area contributed by atoms with Gasteiger partial charge in [0.25, 0.3) is 0 Å². The maximum absolute atomic E-state index is 2.55. The fourth-order valence-corrected chi connectivity index (χ4v) is 9.24. The zero-order valence-electron chi connectivity index (χ0n) is 24.2. The molecule has 2 rings (SSSR count). The summed E-state index contributed by atoms with van der Waals surface area (Å²) >= 11 is 0. The standard InChI is InChI=1S/C29H58B2/c1-26(2,3)20-17-22(31)24(28(7,8)9)19(20)15-13-14-18-16-21(30)25(29(10,11)12)23(18)27(4,5)6/h18-25H,13-17,30-31H2,1-12H3. The smallest absolute Gasteiger partial charge is 0.0659 e. The third-order valence-corrected chi connectivity index (χ3v) is 9.62. The van der Waals surface area contributed by atoms with Gasteiger partial charge < -0.3 is 0 Å². The van der Waals surface area contributed by atoms with E-state index in [0.717, 1.165) is 47.1 Å². The molecular formula is C29H58B2. The Kier molecular flexibility index (Phi) is 8.00. The van der Waals surface area contributed by atoms with E-state index in [9.17, 15) is 0 Å². The molecule has 0 saturated heterocycles. The Balaban J connectivity index is 2.17. The van der Waals surface area contributed by atoms with Gasteiger partial charge in [0, 0.05) is 0 Å². The lowest BCUT2D eigenvalue weighted by Gasteiger charge is -2.44. The summed E-state index contributed by atoms with van der Waals surface area (Å²) in [5.74, 6) is 7.03. The Hall–Kier alpha value is 0.130. The van der Waals surface area contributed by atoms with Crippen molar-refractivity contribution in [3.05, 3.63) is 0 Å². The van der Waals surface area contributed by atoms with Crippen LogP contribution in [0, 0.1) is 57.2 Å². The van der Waals surface area contributed by atoms with E-state index in [1.165, 1.54) is 32.1 Å². The molecule has 0 spiro atoms. The average Bonchev–Trinajstić information content (AvgIpc) is 3.03. The Morgan fingerprint density at radius 2 is 1.00 bits per heavy atom. The zero-order chi connectivity index (χ0) is 24.2. The van der Waals surface area contributed by atoms with Crippen molar-refractivity contribution >= 4 is 15.7 Å². The summed E-state index contributed by atoms with van der Waals surface area (Å²) in [5, 5.41) is 0. The predicted molar refractivity (Wildman–Crippen MR) is 146 cm³/mol. The maximum Gasteiger partial charge on any atom is 0.105 e. The molecule has 8 unspecified atom stereocenters. The van der Waals surface area contributed by atoms with E-state index >= 15 is 0 Å². The minimum absolute atomic E-state index is 0.414. The predicted octanol–water partition coefficient (Wildman–Crippen LogP) is 7.69. The largest absolute Gasteiger partial charge is 0.105 e. The lowest BCUT2D eigenvalue weighted by atomic mass is 9.59. The molecule has 180 valence electrons. The Morgan fingerprint density at radius 3 is 1.42 bits per heavy atom. The second kappa shape index (κ2) is 9.06. The van der Waals surface area contributed by atoms with Gasteiger partial charge in [-0.1, -0.05) is 120 Å². The van der Waals surface area contributed by atoms with Gasteiger partial charge in [0.1, 0.15) is 15.7 Å². The first-order valence-corrected chi connectivity index (χ1v) is 13.8. The molecule has 2 fully saturated rings. The van der Waals surface area contributed by atoms with Crippen LogP contribution in [0.2, 0.25) is 11.6 Å². The summed E-state index contributed by atoms with van der Waals surface area (Å²) in [6.07, 6.45) is 7.24. The van der Waals surface area contributed by atoms with E-state index in [4.69, 9.17) is 0 Å². The second-order valence-corrected chi connectivity index (χ2v) is 16.4. The molecule has 0 nitrogen and oxygen atoms in total. The van der Waals surface area contributed by atoms with Crippen molar-refractivity contribution < 1.29 is 0 Å². The molecule has 2 heteroatoms. The van der Waals surface area contributed by atoms with Gasteiger partial charge in [0.15, 0.2) is 0 Å². The van der Waals surface area contributed by atoms with Gasteiger partial charge in [-0.2, -0.15) is 0 Å². The highest BCUT2D eigenvalue weighted by atomic mass is 14.6. The quantitative estimate of drug-likeness (QED) is 0.403. The van der Waals surface area contributed by atoms with Crippen LogP contribution >= 0.6 is 0 Å². The van der Waals surface area contributed by atoms with E-state index in [1.807, 2.05) is 0 Å². The van der Waals surface area contributed by atoms with E-state index < -0.39 is 0 Å². The van der Waals surface area contributed by atoms with Crippen LogP contribution in [0.5, 0.6) is 0 Å². The molecule has 0 amide bonds. The highest BCUT2D eigenvalue weighted by molar-refractivity contribution is 6.12. The molecule has 0 aromatic heterocycles. The Labute approximate surface area is 199 Å². The molecule has 0 N–H and O–H groups in total. The summed E-state index contributed by atoms with van der Waals surface area (Å²) in [6.45, 7) is 30.1. The monoisotopic (exact) mass is 428 g/mol. The second-order valence-electron chi connectivity index (χ2n) is 16.4. The normalized spacial score (nSPS) is 38.1. The first kappa shape index (κ1) is 27.4. The highest BCUT2D eigenvalue weighted by Gasteiger charge is 2.51. The van der Waals surface area contributed by atoms with Crippen LogP contribution in [0.3, 0.4) is 0 Å². The molecule has 0 aromatic rings. The summed E-state index contributed by atoms with van der Waals surface area (Å²) in [4.78, 5) is 0. The molecule has 0 bridgehead atoms. The molecule has 31 heavy (non-hydrogen) atoms. The number of hydrogen-bond donors (Lipinski definition) is 0. The molecule has 2 aliphatic carbocycles. The SMILES string of the molecule is BC1CC(C(C)(C)C)C(CCCC2CC(B)C(C(C)(C)C)C2C(C)(C)C)C1C(C)(C)C. The van der Waals surface area contributed by atoms with Crippen molar-refractivity contribution in [1.82, 2.24) is 0 Å². The van der Waals surface area contributed by atoms with Gasteiger partial charge >= 0.3 is 0 Å². The molecule has 0 radical (unpaired) electrons. The van der Waals surface area contributed by atoms with Crippen molar-refractivity contribution in [1.29, 1.82) is 0 Å². The lowest BCUT2D eigenvalue weighted by Crippen LogP contribution is -2.37. The minimum Gasteiger partial charge on any atom is -0.0659 e. The molecular weight excluding hydrogens is 370 g/mol. The third kappa shape index (κ3) is 6.18.